The summed E-state index contributed by atoms with van der Waals surface area (Å²) in [6.45, 7) is 4.76. The Bertz CT molecular complexity index is 888. The largest absolute Gasteiger partial charge is 0.396 e. The monoisotopic (exact) mass is 371 g/mol. The van der Waals surface area contributed by atoms with Crippen LogP contribution in [0.2, 0.25) is 0 Å². The summed E-state index contributed by atoms with van der Waals surface area (Å²) in [7, 11) is 1.87. The van der Waals surface area contributed by atoms with E-state index in [0.717, 1.165) is 17.0 Å². The number of anilines is 2. The van der Waals surface area contributed by atoms with Crippen molar-refractivity contribution in [2.75, 3.05) is 11.1 Å². The molecule has 3 rings (SSSR count). The Balaban J connectivity index is 1.74. The number of nitrogens with one attached hydrogen (secondary N) is 1. The number of urea groups is 1. The molecule has 8 nitrogen and oxygen atoms in total. The van der Waals surface area contributed by atoms with Gasteiger partial charge >= 0.3 is 6.03 Å². The van der Waals surface area contributed by atoms with Gasteiger partial charge in [-0.05, 0) is 26.0 Å². The quantitative estimate of drug-likeness (QED) is 0.570. The van der Waals surface area contributed by atoms with Gasteiger partial charge in [-0.25, -0.2) is 9.78 Å². The molecule has 3 heterocycles. The molecule has 0 spiro atoms. The van der Waals surface area contributed by atoms with Crippen molar-refractivity contribution in [1.29, 1.82) is 0 Å². The third kappa shape index (κ3) is 3.88. The number of thiol groups is 1. The number of aryl methyl sites for hydroxylation is 1. The number of nitrogens with two attached hydrogens (primary N) is 1. The summed E-state index contributed by atoms with van der Waals surface area (Å²) in [5.74, 6) is 0.301. The molecule has 26 heavy (non-hydrogen) atoms. The molecule has 0 saturated heterocycles. The van der Waals surface area contributed by atoms with Gasteiger partial charge in [0.1, 0.15) is 0 Å². The number of carbonyl (C=O) groups is 1. The number of fused-ring (bicyclic) bond motifs is 1. The van der Waals surface area contributed by atoms with Gasteiger partial charge in [0.2, 0.25) is 0 Å². The Hall–Kier alpha value is -2.81. The molecule has 1 aliphatic heterocycles. The van der Waals surface area contributed by atoms with Crippen molar-refractivity contribution < 1.29 is 4.79 Å². The van der Waals surface area contributed by atoms with Crippen molar-refractivity contribution in [1.82, 2.24) is 19.7 Å². The number of hydrogen-bond donors (Lipinski definition) is 3. The van der Waals surface area contributed by atoms with Crippen molar-refractivity contribution in [3.8, 4) is 0 Å². The van der Waals surface area contributed by atoms with Crippen LogP contribution in [0.3, 0.4) is 0 Å². The number of nitrogen functional groups attached to an aromatic ring is 1. The predicted molar refractivity (Wildman–Crippen MR) is 106 cm³/mol. The molecule has 0 saturated carbocycles. The van der Waals surface area contributed by atoms with Crippen LogP contribution < -0.4 is 11.1 Å². The zero-order valence-corrected chi connectivity index (χ0v) is 15.8. The second-order valence-corrected chi connectivity index (χ2v) is 6.77. The second kappa shape index (κ2) is 7.20. The minimum absolute atomic E-state index is 0.269. The fraction of sp³-hybridized carbons (Fsp3) is 0.294. The van der Waals surface area contributed by atoms with Crippen molar-refractivity contribution in [2.24, 2.45) is 12.0 Å². The van der Waals surface area contributed by atoms with Crippen LogP contribution >= 0.6 is 12.6 Å². The number of carbonyl (C=O) groups excluding carboxylic acids is 1. The minimum atomic E-state index is -0.269. The maximum Gasteiger partial charge on any atom is 0.323 e. The topological polar surface area (TPSA) is 101 Å². The van der Waals surface area contributed by atoms with Crippen LogP contribution in [-0.2, 0) is 20.1 Å². The molecule has 0 atom stereocenters. The first-order valence-corrected chi connectivity index (χ1v) is 8.52. The fourth-order valence-electron chi connectivity index (χ4n) is 2.58. The molecule has 0 aromatic carbocycles. The van der Waals surface area contributed by atoms with Gasteiger partial charge in [0, 0.05) is 35.6 Å². The van der Waals surface area contributed by atoms with Crippen LogP contribution in [0.4, 0.5) is 16.3 Å². The number of aromatic nitrogens is 3. The highest BCUT2D eigenvalue weighted by atomic mass is 32.1. The summed E-state index contributed by atoms with van der Waals surface area (Å²) < 4.78 is 1.75. The Morgan fingerprint density at radius 3 is 2.85 bits per heavy atom. The molecular formula is C17H21N7OS. The minimum Gasteiger partial charge on any atom is -0.396 e. The number of hydrogen-bond acceptors (Lipinski definition) is 6. The van der Waals surface area contributed by atoms with Gasteiger partial charge in [-0.1, -0.05) is 0 Å². The van der Waals surface area contributed by atoms with Gasteiger partial charge in [0.15, 0.2) is 5.82 Å². The van der Waals surface area contributed by atoms with E-state index in [2.05, 4.69) is 33.0 Å². The van der Waals surface area contributed by atoms with E-state index < -0.39 is 0 Å². The van der Waals surface area contributed by atoms with Gasteiger partial charge in [0.25, 0.3) is 0 Å². The molecule has 0 radical (unpaired) electrons. The maximum absolute atomic E-state index is 12.5. The lowest BCUT2D eigenvalue weighted by molar-refractivity contribution is 0.211. The van der Waals surface area contributed by atoms with E-state index in [4.69, 9.17) is 5.73 Å². The van der Waals surface area contributed by atoms with Crippen LogP contribution in [0, 0.1) is 0 Å². The Morgan fingerprint density at radius 1 is 1.38 bits per heavy atom. The number of rotatable bonds is 3. The maximum atomic E-state index is 12.5. The first-order valence-electron chi connectivity index (χ1n) is 8.08. The number of amides is 2. The molecule has 1 aliphatic rings. The first kappa shape index (κ1) is 18.0. The van der Waals surface area contributed by atoms with Crippen molar-refractivity contribution in [3.63, 3.8) is 0 Å². The Morgan fingerprint density at radius 2 is 2.15 bits per heavy atom. The molecule has 0 bridgehead atoms. The molecule has 2 aromatic heterocycles. The molecule has 0 fully saturated rings. The highest BCUT2D eigenvalue weighted by molar-refractivity contribution is 7.90. The van der Waals surface area contributed by atoms with Crippen molar-refractivity contribution >= 4 is 40.8 Å². The van der Waals surface area contributed by atoms with Crippen LogP contribution in [0.25, 0.3) is 4.91 Å². The van der Waals surface area contributed by atoms with Gasteiger partial charge in [-0.2, -0.15) is 5.10 Å². The fourth-order valence-corrected chi connectivity index (χ4v) is 2.77. The van der Waals surface area contributed by atoms with E-state index in [-0.39, 0.29) is 6.03 Å². The molecule has 3 N–H and O–H groups in total. The zero-order chi connectivity index (χ0) is 18.8. The lowest BCUT2D eigenvalue weighted by Crippen LogP contribution is -2.31. The SMILES string of the molecule is CC(C)=N/C=C(\S)c1ccc(N)c(NC(=O)N2Cc3cn(C)nc3C2)n1. The highest BCUT2D eigenvalue weighted by Crippen LogP contribution is 2.25. The van der Waals surface area contributed by atoms with Gasteiger partial charge < -0.3 is 10.6 Å². The van der Waals surface area contributed by atoms with E-state index in [1.165, 1.54) is 0 Å². The summed E-state index contributed by atoms with van der Waals surface area (Å²) in [6.07, 6.45) is 3.54. The normalized spacial score (nSPS) is 13.5. The van der Waals surface area contributed by atoms with Crippen LogP contribution in [0.1, 0.15) is 30.8 Å². The van der Waals surface area contributed by atoms with Crippen LogP contribution in [0.5, 0.6) is 0 Å². The van der Waals surface area contributed by atoms with Crippen LogP contribution in [0.15, 0.2) is 29.5 Å². The standard InChI is InChI=1S/C17H21N7OS/c1-10(2)19-6-15(26)13-5-4-12(18)16(20-13)21-17(25)24-8-11-7-23(3)22-14(11)9-24/h4-7,26H,8-9,18H2,1-3H3,(H,20,21,25)/b15-6-. The van der Waals surface area contributed by atoms with E-state index in [9.17, 15) is 4.79 Å². The average molecular weight is 371 g/mol. The van der Waals surface area contributed by atoms with E-state index in [0.29, 0.717) is 35.2 Å². The second-order valence-electron chi connectivity index (χ2n) is 6.29. The van der Waals surface area contributed by atoms with E-state index in [1.54, 1.807) is 27.9 Å². The van der Waals surface area contributed by atoms with Crippen molar-refractivity contribution in [3.05, 3.63) is 41.5 Å². The number of pyridine rings is 1. The number of nitrogens with zero attached hydrogens (tertiary/aromatic N) is 5. The molecule has 0 unspecified atom stereocenters. The Kier molecular flexibility index (Phi) is 4.99. The molecule has 2 aromatic rings. The van der Waals surface area contributed by atoms with Gasteiger partial charge in [-0.3, -0.25) is 15.0 Å². The summed E-state index contributed by atoms with van der Waals surface area (Å²) in [5, 5.41) is 7.12. The summed E-state index contributed by atoms with van der Waals surface area (Å²) in [6, 6.07) is 3.15. The van der Waals surface area contributed by atoms with E-state index in [1.807, 2.05) is 27.1 Å². The third-order valence-electron chi connectivity index (χ3n) is 3.84. The lowest BCUT2D eigenvalue weighted by Gasteiger charge is -2.17. The van der Waals surface area contributed by atoms with Crippen LogP contribution in [-0.4, -0.2) is 31.4 Å². The first-order chi connectivity index (χ1) is 12.3. The van der Waals surface area contributed by atoms with Gasteiger partial charge in [-0.15, -0.1) is 12.6 Å². The van der Waals surface area contributed by atoms with Crippen molar-refractivity contribution in [2.45, 2.75) is 26.9 Å². The smallest absolute Gasteiger partial charge is 0.323 e. The Labute approximate surface area is 157 Å². The summed E-state index contributed by atoms with van der Waals surface area (Å²) in [4.78, 5) is 23.4. The lowest BCUT2D eigenvalue weighted by atomic mass is 10.3. The summed E-state index contributed by atoms with van der Waals surface area (Å²) in [5.41, 5.74) is 9.78. The highest BCUT2D eigenvalue weighted by Gasteiger charge is 2.26. The average Bonchev–Trinajstić information content (AvgIpc) is 3.12. The third-order valence-corrected chi connectivity index (χ3v) is 4.18. The number of aliphatic imine (C=N–C) groups is 1. The van der Waals surface area contributed by atoms with Gasteiger partial charge in [0.05, 0.1) is 30.2 Å². The molecule has 9 heteroatoms. The molecule has 136 valence electrons. The molecule has 2 amide bonds. The molecule has 0 aliphatic carbocycles. The summed E-state index contributed by atoms with van der Waals surface area (Å²) >= 11 is 4.41. The van der Waals surface area contributed by atoms with E-state index >= 15 is 0 Å². The molecular weight excluding hydrogens is 350 g/mol. The zero-order valence-electron chi connectivity index (χ0n) is 14.9. The predicted octanol–water partition coefficient (Wildman–Crippen LogP) is 2.65.